The topological polar surface area (TPSA) is 69.7 Å². The molecular formula is C19H27N3O3S. The van der Waals surface area contributed by atoms with E-state index in [-0.39, 0.29) is 34.8 Å². The maximum Gasteiger partial charge on any atom is 0.224 e. The van der Waals surface area contributed by atoms with E-state index in [1.165, 1.54) is 0 Å². The highest BCUT2D eigenvalue weighted by Gasteiger charge is 2.46. The maximum atomic E-state index is 12.3. The van der Waals surface area contributed by atoms with E-state index in [0.29, 0.717) is 19.6 Å². The first kappa shape index (κ1) is 17.6. The molecule has 0 radical (unpaired) electrons. The quantitative estimate of drug-likeness (QED) is 0.841. The van der Waals surface area contributed by atoms with Crippen LogP contribution < -0.4 is 15.1 Å². The second-order valence-corrected chi connectivity index (χ2v) is 10.8. The molecule has 2 atom stereocenters. The Morgan fingerprint density at radius 1 is 1.08 bits per heavy atom. The van der Waals surface area contributed by atoms with Gasteiger partial charge in [0.05, 0.1) is 23.5 Å². The summed E-state index contributed by atoms with van der Waals surface area (Å²) in [6, 6.07) is 8.66. The molecule has 1 N–H and O–H groups in total. The van der Waals surface area contributed by atoms with Gasteiger partial charge in [0.15, 0.2) is 9.84 Å². The number of rotatable bonds is 2. The fourth-order valence-corrected chi connectivity index (χ4v) is 5.84. The van der Waals surface area contributed by atoms with Crippen LogP contribution in [0.1, 0.15) is 20.3 Å². The summed E-state index contributed by atoms with van der Waals surface area (Å²) in [5.41, 5.74) is 2.29. The third-order valence-electron chi connectivity index (χ3n) is 6.20. The zero-order chi connectivity index (χ0) is 18.5. The Morgan fingerprint density at radius 3 is 2.35 bits per heavy atom. The number of amides is 1. The molecule has 0 aliphatic carbocycles. The minimum Gasteiger partial charge on any atom is -0.369 e. The predicted octanol–water partition coefficient (Wildman–Crippen LogP) is 1.27. The van der Waals surface area contributed by atoms with Gasteiger partial charge < -0.3 is 15.1 Å². The maximum absolute atomic E-state index is 12.3. The summed E-state index contributed by atoms with van der Waals surface area (Å²) in [6.45, 7) is 7.07. The third kappa shape index (κ3) is 3.17. The summed E-state index contributed by atoms with van der Waals surface area (Å²) < 4.78 is 23.2. The number of carbonyl (C=O) groups is 1. The molecule has 5 rings (SSSR count). The fraction of sp³-hybridized carbons (Fsp3) is 0.632. The number of sulfone groups is 1. The first-order chi connectivity index (χ1) is 12.3. The molecule has 4 fully saturated rings. The molecule has 2 bridgehead atoms. The molecule has 1 amide bonds. The molecule has 4 saturated heterocycles. The van der Waals surface area contributed by atoms with Gasteiger partial charge in [-0.05, 0) is 36.1 Å². The summed E-state index contributed by atoms with van der Waals surface area (Å²) in [7, 11) is -2.87. The van der Waals surface area contributed by atoms with Crippen molar-refractivity contribution in [2.45, 2.75) is 26.3 Å². The second-order valence-electron chi connectivity index (χ2n) is 8.46. The smallest absolute Gasteiger partial charge is 0.224 e. The largest absolute Gasteiger partial charge is 0.369 e. The Balaban J connectivity index is 1.54. The van der Waals surface area contributed by atoms with E-state index < -0.39 is 9.84 Å². The molecule has 1 aromatic carbocycles. The normalized spacial score (nSPS) is 30.0. The van der Waals surface area contributed by atoms with Crippen molar-refractivity contribution in [3.63, 3.8) is 0 Å². The average molecular weight is 378 g/mol. The van der Waals surface area contributed by atoms with Crippen LogP contribution in [0.25, 0.3) is 0 Å². The summed E-state index contributed by atoms with van der Waals surface area (Å²) in [4.78, 5) is 16.8. The van der Waals surface area contributed by atoms with Gasteiger partial charge in [-0.3, -0.25) is 4.79 Å². The van der Waals surface area contributed by atoms with Gasteiger partial charge >= 0.3 is 0 Å². The summed E-state index contributed by atoms with van der Waals surface area (Å²) >= 11 is 0. The van der Waals surface area contributed by atoms with Crippen LogP contribution in [0, 0.1) is 11.3 Å². The molecule has 6 nitrogen and oxygen atoms in total. The Kier molecular flexibility index (Phi) is 4.17. The van der Waals surface area contributed by atoms with E-state index in [2.05, 4.69) is 53.2 Å². The molecular weight excluding hydrogens is 350 g/mol. The van der Waals surface area contributed by atoms with Gasteiger partial charge in [-0.1, -0.05) is 13.8 Å². The van der Waals surface area contributed by atoms with Crippen molar-refractivity contribution in [2.24, 2.45) is 11.3 Å². The lowest BCUT2D eigenvalue weighted by atomic mass is 9.73. The summed E-state index contributed by atoms with van der Waals surface area (Å²) in [5, 5.41) is 3.09. The third-order valence-corrected chi connectivity index (χ3v) is 7.81. The number of fused-ring (bicyclic) bond motifs is 4. The van der Waals surface area contributed by atoms with Gasteiger partial charge in [-0.15, -0.1) is 0 Å². The second kappa shape index (κ2) is 6.15. The standard InChI is InChI=1S/C19H27N3O3S/c1-19(2)11-14-13-22(17(19)12-20-18(14)23)16-5-3-15(4-6-16)21-7-9-26(24,25)10-8-21/h3-6,14,17H,7-13H2,1-2H3,(H,20,23)/t14-,17?/m0/s1. The van der Waals surface area contributed by atoms with Crippen molar-refractivity contribution in [3.8, 4) is 0 Å². The van der Waals surface area contributed by atoms with Crippen molar-refractivity contribution in [2.75, 3.05) is 47.5 Å². The van der Waals surface area contributed by atoms with Crippen LogP contribution in [-0.2, 0) is 14.6 Å². The van der Waals surface area contributed by atoms with Gasteiger partial charge in [-0.25, -0.2) is 8.42 Å². The lowest BCUT2D eigenvalue weighted by Crippen LogP contribution is -2.53. The number of nitrogens with one attached hydrogen (secondary N) is 1. The average Bonchev–Trinajstić information content (AvgIpc) is 2.81. The summed E-state index contributed by atoms with van der Waals surface area (Å²) in [5.74, 6) is 0.670. The van der Waals surface area contributed by atoms with Gasteiger partial charge in [0.2, 0.25) is 5.91 Å². The Labute approximate surface area is 155 Å². The van der Waals surface area contributed by atoms with Crippen molar-refractivity contribution >= 4 is 27.1 Å². The van der Waals surface area contributed by atoms with Crippen LogP contribution in [0.5, 0.6) is 0 Å². The minimum atomic E-state index is -2.87. The van der Waals surface area contributed by atoms with Crippen molar-refractivity contribution in [3.05, 3.63) is 24.3 Å². The Hall–Kier alpha value is -1.76. The van der Waals surface area contributed by atoms with Gasteiger partial charge in [0.25, 0.3) is 0 Å². The predicted molar refractivity (Wildman–Crippen MR) is 103 cm³/mol. The number of benzene rings is 1. The first-order valence-corrected chi connectivity index (χ1v) is 11.2. The van der Waals surface area contributed by atoms with Crippen LogP contribution in [0.4, 0.5) is 11.4 Å². The number of nitrogens with zero attached hydrogens (tertiary/aromatic N) is 2. The van der Waals surface area contributed by atoms with Crippen LogP contribution in [0.2, 0.25) is 0 Å². The SMILES string of the molecule is CC1(C)C[C@H]2CN(c3ccc(N4CCS(=O)(=O)CC4)cc3)C1CNC2=O. The number of anilines is 2. The van der Waals surface area contributed by atoms with E-state index in [1.807, 2.05) is 0 Å². The van der Waals surface area contributed by atoms with Crippen molar-refractivity contribution < 1.29 is 13.2 Å². The van der Waals surface area contributed by atoms with Crippen molar-refractivity contribution in [1.82, 2.24) is 5.32 Å². The van der Waals surface area contributed by atoms with E-state index in [1.54, 1.807) is 0 Å². The van der Waals surface area contributed by atoms with Gasteiger partial charge in [0, 0.05) is 37.6 Å². The highest BCUT2D eigenvalue weighted by atomic mass is 32.2. The molecule has 0 saturated carbocycles. The molecule has 1 unspecified atom stereocenters. The van der Waals surface area contributed by atoms with Crippen LogP contribution in [0.15, 0.2) is 24.3 Å². The number of hydrogen-bond acceptors (Lipinski definition) is 5. The zero-order valence-corrected chi connectivity index (χ0v) is 16.3. The highest BCUT2D eigenvalue weighted by molar-refractivity contribution is 7.91. The molecule has 26 heavy (non-hydrogen) atoms. The van der Waals surface area contributed by atoms with Gasteiger partial charge in [-0.2, -0.15) is 0 Å². The Morgan fingerprint density at radius 2 is 1.69 bits per heavy atom. The number of piperidine rings is 1. The molecule has 0 aromatic heterocycles. The summed E-state index contributed by atoms with van der Waals surface area (Å²) in [6.07, 6.45) is 0.931. The molecule has 7 heteroatoms. The van der Waals surface area contributed by atoms with Gasteiger partial charge in [0.1, 0.15) is 0 Å². The molecule has 4 aliphatic heterocycles. The lowest BCUT2D eigenvalue weighted by Gasteiger charge is -2.47. The Bertz CT molecular complexity index is 790. The van der Waals surface area contributed by atoms with Crippen LogP contribution in [-0.4, -0.2) is 58.1 Å². The van der Waals surface area contributed by atoms with E-state index in [0.717, 1.165) is 24.3 Å². The van der Waals surface area contributed by atoms with E-state index in [4.69, 9.17) is 0 Å². The number of hydrogen-bond donors (Lipinski definition) is 1. The van der Waals surface area contributed by atoms with E-state index >= 15 is 0 Å². The highest BCUT2D eigenvalue weighted by Crippen LogP contribution is 2.42. The van der Waals surface area contributed by atoms with E-state index in [9.17, 15) is 13.2 Å². The molecule has 4 heterocycles. The fourth-order valence-electron chi connectivity index (χ4n) is 4.64. The first-order valence-electron chi connectivity index (χ1n) is 9.35. The molecule has 0 spiro atoms. The monoisotopic (exact) mass is 377 g/mol. The van der Waals surface area contributed by atoms with Crippen molar-refractivity contribution in [1.29, 1.82) is 0 Å². The molecule has 4 aliphatic rings. The number of carbonyl (C=O) groups excluding carboxylic acids is 1. The lowest BCUT2D eigenvalue weighted by molar-refractivity contribution is -0.124. The molecule has 142 valence electrons. The molecule has 1 aromatic rings. The van der Waals surface area contributed by atoms with Crippen LogP contribution in [0.3, 0.4) is 0 Å². The van der Waals surface area contributed by atoms with Crippen LogP contribution >= 0.6 is 0 Å². The minimum absolute atomic E-state index is 0.0377. The zero-order valence-electron chi connectivity index (χ0n) is 15.4.